The summed E-state index contributed by atoms with van der Waals surface area (Å²) < 4.78 is 11.0. The molecule has 7 nitrogen and oxygen atoms in total. The number of carbonyl (C=O) groups is 2. The van der Waals surface area contributed by atoms with Crippen molar-refractivity contribution >= 4 is 11.9 Å². The third kappa shape index (κ3) is 2.82. The average molecular weight is 357 g/mol. The number of nitrogens with zero attached hydrogens (tertiary/aromatic N) is 2. The van der Waals surface area contributed by atoms with Gasteiger partial charge in [0.05, 0.1) is 37.1 Å². The second-order valence-corrected chi connectivity index (χ2v) is 6.90. The van der Waals surface area contributed by atoms with E-state index in [1.807, 2.05) is 24.3 Å². The number of hydrogen-bond donors (Lipinski definition) is 1. The van der Waals surface area contributed by atoms with Gasteiger partial charge in [-0.3, -0.25) is 9.69 Å². The highest BCUT2D eigenvalue weighted by Gasteiger charge is 2.43. The zero-order valence-corrected chi connectivity index (χ0v) is 15.0. The van der Waals surface area contributed by atoms with Crippen molar-refractivity contribution in [2.24, 2.45) is 0 Å². The van der Waals surface area contributed by atoms with Crippen LogP contribution in [-0.2, 0) is 9.53 Å². The van der Waals surface area contributed by atoms with Crippen molar-refractivity contribution in [3.63, 3.8) is 0 Å². The fraction of sp³-hybridized carbons (Fsp3) is 0.474. The molecule has 0 aliphatic carbocycles. The number of hydrogen-bond acceptors (Lipinski definition) is 4. The topological polar surface area (TPSA) is 71.1 Å². The van der Waals surface area contributed by atoms with Gasteiger partial charge >= 0.3 is 6.03 Å². The Kier molecular flexibility index (Phi) is 4.32. The smallest absolute Gasteiger partial charge is 0.322 e. The molecular formula is C19H23N3O4. The molecule has 4 rings (SSSR count). The summed E-state index contributed by atoms with van der Waals surface area (Å²) >= 11 is 0. The van der Waals surface area contributed by atoms with E-state index in [-0.39, 0.29) is 18.0 Å². The first-order valence-electron chi connectivity index (χ1n) is 8.90. The van der Waals surface area contributed by atoms with Crippen molar-refractivity contribution in [1.82, 2.24) is 15.1 Å². The summed E-state index contributed by atoms with van der Waals surface area (Å²) in [4.78, 5) is 28.9. The van der Waals surface area contributed by atoms with Gasteiger partial charge in [-0.25, -0.2) is 4.79 Å². The van der Waals surface area contributed by atoms with E-state index in [0.29, 0.717) is 24.4 Å². The number of rotatable bonds is 4. The van der Waals surface area contributed by atoms with E-state index in [9.17, 15) is 9.59 Å². The fourth-order valence-electron chi connectivity index (χ4n) is 3.88. The molecule has 1 saturated heterocycles. The first-order valence-corrected chi connectivity index (χ1v) is 8.90. The van der Waals surface area contributed by atoms with E-state index < -0.39 is 6.04 Å². The zero-order valence-electron chi connectivity index (χ0n) is 15.0. The Hall–Kier alpha value is -2.54. The van der Waals surface area contributed by atoms with Gasteiger partial charge in [0, 0.05) is 20.2 Å². The summed E-state index contributed by atoms with van der Waals surface area (Å²) in [6.45, 7) is 1.77. The molecular weight excluding hydrogens is 334 g/mol. The van der Waals surface area contributed by atoms with Crippen LogP contribution in [0.2, 0.25) is 0 Å². The molecule has 0 radical (unpaired) electrons. The minimum absolute atomic E-state index is 0.0323. The highest BCUT2D eigenvalue weighted by Crippen LogP contribution is 2.36. The molecule has 2 atom stereocenters. The Balaban J connectivity index is 1.65. The summed E-state index contributed by atoms with van der Waals surface area (Å²) in [7, 11) is 3.30. The number of benzene rings is 1. The van der Waals surface area contributed by atoms with Crippen molar-refractivity contribution in [3.8, 4) is 5.75 Å². The Morgan fingerprint density at radius 2 is 2.19 bits per heavy atom. The Morgan fingerprint density at radius 3 is 2.92 bits per heavy atom. The first-order chi connectivity index (χ1) is 12.6. The fourth-order valence-corrected chi connectivity index (χ4v) is 3.88. The second-order valence-electron chi connectivity index (χ2n) is 6.90. The summed E-state index contributed by atoms with van der Waals surface area (Å²) in [5.74, 6) is 0.662. The number of ether oxygens (including phenoxy) is 2. The molecule has 0 spiro atoms. The molecule has 3 aliphatic rings. The van der Waals surface area contributed by atoms with Gasteiger partial charge in [-0.15, -0.1) is 0 Å². The molecule has 138 valence electrons. The maximum Gasteiger partial charge on any atom is 0.322 e. The van der Waals surface area contributed by atoms with Crippen LogP contribution >= 0.6 is 0 Å². The van der Waals surface area contributed by atoms with Gasteiger partial charge in [0.15, 0.2) is 0 Å². The molecule has 3 heterocycles. The highest BCUT2D eigenvalue weighted by atomic mass is 16.5. The van der Waals surface area contributed by atoms with Gasteiger partial charge in [0.25, 0.3) is 5.91 Å². The lowest BCUT2D eigenvalue weighted by molar-refractivity contribution is -0.127. The van der Waals surface area contributed by atoms with Crippen LogP contribution in [0.1, 0.15) is 24.4 Å². The van der Waals surface area contributed by atoms with Crippen LogP contribution in [0.25, 0.3) is 0 Å². The van der Waals surface area contributed by atoms with Crippen molar-refractivity contribution in [2.45, 2.75) is 25.0 Å². The third-order valence-electron chi connectivity index (χ3n) is 5.31. The third-order valence-corrected chi connectivity index (χ3v) is 5.31. The van der Waals surface area contributed by atoms with Gasteiger partial charge in [0.2, 0.25) is 0 Å². The molecule has 0 saturated carbocycles. The molecule has 0 bridgehead atoms. The van der Waals surface area contributed by atoms with Crippen molar-refractivity contribution in [3.05, 3.63) is 41.1 Å². The summed E-state index contributed by atoms with van der Waals surface area (Å²) in [5, 5.41) is 2.94. The van der Waals surface area contributed by atoms with E-state index in [1.165, 1.54) is 0 Å². The van der Waals surface area contributed by atoms with E-state index in [0.717, 1.165) is 30.7 Å². The predicted octanol–water partition coefficient (Wildman–Crippen LogP) is 1.67. The van der Waals surface area contributed by atoms with Crippen LogP contribution in [0, 0.1) is 0 Å². The van der Waals surface area contributed by atoms with Gasteiger partial charge in [-0.1, -0.05) is 12.1 Å². The van der Waals surface area contributed by atoms with Gasteiger partial charge in [-0.05, 0) is 30.5 Å². The Labute approximate surface area is 152 Å². The SMILES string of the molecule is COc1cccc(C2NC(=O)N(C)C3=C2C(=O)N(CC2CCCO2)C3)c1. The number of nitrogens with one attached hydrogen (secondary N) is 1. The lowest BCUT2D eigenvalue weighted by Crippen LogP contribution is -2.45. The average Bonchev–Trinajstić information content (AvgIpc) is 3.27. The minimum Gasteiger partial charge on any atom is -0.497 e. The van der Waals surface area contributed by atoms with Crippen LogP contribution in [0.15, 0.2) is 35.5 Å². The molecule has 1 fully saturated rings. The van der Waals surface area contributed by atoms with Crippen molar-refractivity contribution in [1.29, 1.82) is 0 Å². The molecule has 3 aliphatic heterocycles. The highest BCUT2D eigenvalue weighted by molar-refractivity contribution is 6.01. The normalized spacial score (nSPS) is 25.6. The molecule has 2 unspecified atom stereocenters. The molecule has 1 N–H and O–H groups in total. The van der Waals surface area contributed by atoms with E-state index >= 15 is 0 Å². The lowest BCUT2D eigenvalue weighted by atomic mass is 9.95. The minimum atomic E-state index is -0.467. The first kappa shape index (κ1) is 16.9. The van der Waals surface area contributed by atoms with Crippen LogP contribution < -0.4 is 10.1 Å². The molecule has 7 heteroatoms. The second kappa shape index (κ2) is 6.64. The number of methoxy groups -OCH3 is 1. The summed E-state index contributed by atoms with van der Waals surface area (Å²) in [6.07, 6.45) is 2.09. The standard InChI is InChI=1S/C19H23N3O4/c1-21-15-11-22(10-14-7-4-8-26-14)18(23)16(15)17(20-19(21)24)12-5-3-6-13(9-12)25-2/h3,5-6,9,14,17H,4,7-8,10-11H2,1-2H3,(H,20,24). The van der Waals surface area contributed by atoms with Crippen LogP contribution in [0.3, 0.4) is 0 Å². The molecule has 3 amide bonds. The molecule has 1 aromatic rings. The Morgan fingerprint density at radius 1 is 1.35 bits per heavy atom. The van der Waals surface area contributed by atoms with Crippen LogP contribution in [-0.4, -0.2) is 61.7 Å². The summed E-state index contributed by atoms with van der Waals surface area (Å²) in [5.41, 5.74) is 2.24. The quantitative estimate of drug-likeness (QED) is 0.890. The van der Waals surface area contributed by atoms with E-state index in [4.69, 9.17) is 9.47 Å². The number of carbonyl (C=O) groups excluding carboxylic acids is 2. The number of likely N-dealkylation sites (N-methyl/N-ethyl adjacent to an activating group) is 1. The van der Waals surface area contributed by atoms with Gasteiger partial charge in [0.1, 0.15) is 5.75 Å². The molecule has 0 aromatic heterocycles. The monoisotopic (exact) mass is 357 g/mol. The number of urea groups is 1. The summed E-state index contributed by atoms with van der Waals surface area (Å²) in [6, 6.07) is 6.79. The van der Waals surface area contributed by atoms with Crippen LogP contribution in [0.4, 0.5) is 4.79 Å². The Bertz CT molecular complexity index is 770. The van der Waals surface area contributed by atoms with Crippen molar-refractivity contribution in [2.75, 3.05) is 33.9 Å². The van der Waals surface area contributed by atoms with E-state index in [1.54, 1.807) is 24.0 Å². The van der Waals surface area contributed by atoms with Crippen molar-refractivity contribution < 1.29 is 19.1 Å². The maximum atomic E-state index is 13.1. The number of amides is 3. The van der Waals surface area contributed by atoms with Gasteiger partial charge in [-0.2, -0.15) is 0 Å². The molecule has 26 heavy (non-hydrogen) atoms. The largest absolute Gasteiger partial charge is 0.497 e. The molecule has 1 aromatic carbocycles. The maximum absolute atomic E-state index is 13.1. The van der Waals surface area contributed by atoms with Gasteiger partial charge < -0.3 is 19.7 Å². The lowest BCUT2D eigenvalue weighted by Gasteiger charge is -2.31. The zero-order chi connectivity index (χ0) is 18.3. The predicted molar refractivity (Wildman–Crippen MR) is 94.6 cm³/mol. The van der Waals surface area contributed by atoms with Crippen LogP contribution in [0.5, 0.6) is 5.75 Å². The van der Waals surface area contributed by atoms with E-state index in [2.05, 4.69) is 5.32 Å².